The van der Waals surface area contributed by atoms with Crippen LogP contribution < -0.4 is 10.3 Å². The first-order valence-electron chi connectivity index (χ1n) is 11.7. The topological polar surface area (TPSA) is 93.0 Å². The van der Waals surface area contributed by atoms with E-state index in [1.807, 2.05) is 4.90 Å². The van der Waals surface area contributed by atoms with Crippen LogP contribution in [0, 0.1) is 16.0 Å². The molecule has 2 aliphatic rings. The summed E-state index contributed by atoms with van der Waals surface area (Å²) in [6, 6.07) is 2.46. The number of hydrogen-bond donors (Lipinski definition) is 0. The third-order valence-electron chi connectivity index (χ3n) is 6.76. The number of hydrogen-bond acceptors (Lipinski definition) is 8. The fraction of sp³-hybridized carbons (Fsp3) is 0.500. The summed E-state index contributed by atoms with van der Waals surface area (Å²) in [5.74, 6) is 0.106. The Kier molecular flexibility index (Phi) is 7.65. The summed E-state index contributed by atoms with van der Waals surface area (Å²) in [7, 11) is 0. The molecule has 1 saturated carbocycles. The number of nitro benzene ring substituents is 1. The van der Waals surface area contributed by atoms with E-state index in [1.54, 1.807) is 0 Å². The number of alkyl halides is 3. The molecular formula is C24H26F3N3O5S. The van der Waals surface area contributed by atoms with Crippen molar-refractivity contribution < 1.29 is 27.6 Å². The first kappa shape index (κ1) is 26.1. The predicted molar refractivity (Wildman–Crippen MR) is 130 cm³/mol. The minimum Gasteiger partial charge on any atom is -0.459 e. The van der Waals surface area contributed by atoms with Gasteiger partial charge in [0.25, 0.3) is 5.69 Å². The molecule has 0 atom stereocenters. The number of esters is 1. The van der Waals surface area contributed by atoms with Crippen LogP contribution in [-0.4, -0.2) is 54.6 Å². The highest BCUT2D eigenvalue weighted by molar-refractivity contribution is 7.22. The first-order chi connectivity index (χ1) is 17.0. The molecule has 1 aromatic heterocycles. The zero-order valence-corrected chi connectivity index (χ0v) is 20.3. The van der Waals surface area contributed by atoms with E-state index in [-0.39, 0.29) is 16.2 Å². The number of nitrogens with zero attached hydrogens (tertiary/aromatic N) is 3. The van der Waals surface area contributed by atoms with Gasteiger partial charge in [0.1, 0.15) is 10.8 Å². The molecule has 12 heteroatoms. The van der Waals surface area contributed by atoms with Crippen LogP contribution in [0.25, 0.3) is 10.1 Å². The summed E-state index contributed by atoms with van der Waals surface area (Å²) < 4.78 is 44.9. The molecule has 2 heterocycles. The summed E-state index contributed by atoms with van der Waals surface area (Å²) in [5.41, 5.74) is -2.58. The van der Waals surface area contributed by atoms with Gasteiger partial charge in [-0.05, 0) is 37.7 Å². The number of anilines is 1. The molecule has 2 fully saturated rings. The van der Waals surface area contributed by atoms with Crippen LogP contribution in [0.2, 0.25) is 0 Å². The van der Waals surface area contributed by atoms with Gasteiger partial charge in [0.15, 0.2) is 5.43 Å². The number of piperazine rings is 1. The van der Waals surface area contributed by atoms with Crippen LogP contribution in [0.15, 0.2) is 35.6 Å². The minimum atomic E-state index is -4.79. The van der Waals surface area contributed by atoms with Gasteiger partial charge in [0, 0.05) is 56.3 Å². The highest BCUT2D eigenvalue weighted by atomic mass is 32.1. The van der Waals surface area contributed by atoms with E-state index in [0.29, 0.717) is 36.1 Å². The fourth-order valence-corrected chi connectivity index (χ4v) is 6.04. The zero-order chi connectivity index (χ0) is 26.0. The van der Waals surface area contributed by atoms with Gasteiger partial charge in [-0.1, -0.05) is 6.58 Å². The average Bonchev–Trinajstić information content (AvgIpc) is 2.84. The summed E-state index contributed by atoms with van der Waals surface area (Å²) in [4.78, 5) is 39.0. The van der Waals surface area contributed by atoms with Crippen molar-refractivity contribution in [2.75, 3.05) is 37.6 Å². The number of fused-ring (bicyclic) bond motifs is 1. The van der Waals surface area contributed by atoms with Gasteiger partial charge in [0.2, 0.25) is 0 Å². The van der Waals surface area contributed by atoms with Crippen molar-refractivity contribution in [3.8, 4) is 0 Å². The second-order valence-corrected chi connectivity index (χ2v) is 10.2. The monoisotopic (exact) mass is 525 g/mol. The molecule has 1 aliphatic carbocycles. The smallest absolute Gasteiger partial charge is 0.416 e. The molecular weight excluding hydrogens is 499 g/mol. The number of carbonyl (C=O) groups is 1. The van der Waals surface area contributed by atoms with Crippen molar-refractivity contribution in [2.45, 2.75) is 38.0 Å². The number of benzene rings is 1. The van der Waals surface area contributed by atoms with Crippen molar-refractivity contribution in [3.05, 3.63) is 56.8 Å². The maximum atomic E-state index is 13.2. The van der Waals surface area contributed by atoms with Crippen molar-refractivity contribution in [2.24, 2.45) is 5.92 Å². The molecule has 0 radical (unpaired) electrons. The molecule has 1 aromatic carbocycles. The van der Waals surface area contributed by atoms with Gasteiger partial charge in [-0.2, -0.15) is 13.2 Å². The molecule has 0 spiro atoms. The quantitative estimate of drug-likeness (QED) is 0.236. The van der Waals surface area contributed by atoms with E-state index in [2.05, 4.69) is 11.5 Å². The van der Waals surface area contributed by atoms with Crippen LogP contribution in [0.3, 0.4) is 0 Å². The molecule has 1 saturated heterocycles. The maximum Gasteiger partial charge on any atom is 0.416 e. The van der Waals surface area contributed by atoms with E-state index in [4.69, 9.17) is 4.74 Å². The van der Waals surface area contributed by atoms with E-state index >= 15 is 0 Å². The highest BCUT2D eigenvalue weighted by Crippen LogP contribution is 2.39. The van der Waals surface area contributed by atoms with Crippen molar-refractivity contribution in [1.82, 2.24) is 4.90 Å². The van der Waals surface area contributed by atoms with Gasteiger partial charge in [-0.15, -0.1) is 11.3 Å². The lowest BCUT2D eigenvalue weighted by Crippen LogP contribution is -2.48. The Morgan fingerprint density at radius 3 is 2.42 bits per heavy atom. The SMILES string of the molecule is C=CC(=O)OC1CCC(CN2CCN(c3cc(=O)c4cc(C(F)(F)F)cc([N+](=O)[O-])c4s3)CC2)CC1. The van der Waals surface area contributed by atoms with Crippen LogP contribution in [0.1, 0.15) is 31.2 Å². The number of nitro groups is 1. The third kappa shape index (κ3) is 5.86. The Labute approximate surface area is 209 Å². The van der Waals surface area contributed by atoms with Crippen LogP contribution in [0.4, 0.5) is 23.9 Å². The first-order valence-corrected chi connectivity index (χ1v) is 12.5. The summed E-state index contributed by atoms with van der Waals surface area (Å²) in [5, 5.41) is 11.7. The Morgan fingerprint density at radius 2 is 1.83 bits per heavy atom. The normalized spacial score (nSPS) is 21.4. The number of halogens is 3. The average molecular weight is 526 g/mol. The molecule has 0 unspecified atom stereocenters. The van der Waals surface area contributed by atoms with E-state index in [0.717, 1.165) is 56.7 Å². The fourth-order valence-electron chi connectivity index (χ4n) is 4.84. The van der Waals surface area contributed by atoms with Gasteiger partial charge in [-0.25, -0.2) is 4.79 Å². The third-order valence-corrected chi connectivity index (χ3v) is 7.98. The van der Waals surface area contributed by atoms with Crippen LogP contribution >= 0.6 is 11.3 Å². The maximum absolute atomic E-state index is 13.2. The number of ether oxygens (including phenoxy) is 1. The lowest BCUT2D eigenvalue weighted by Gasteiger charge is -2.38. The second kappa shape index (κ2) is 10.6. The van der Waals surface area contributed by atoms with Crippen LogP contribution in [-0.2, 0) is 15.7 Å². The van der Waals surface area contributed by atoms with Gasteiger partial charge in [0.05, 0.1) is 15.5 Å². The molecule has 8 nitrogen and oxygen atoms in total. The lowest BCUT2D eigenvalue weighted by atomic mass is 9.87. The van der Waals surface area contributed by atoms with E-state index in [1.165, 1.54) is 12.1 Å². The van der Waals surface area contributed by atoms with Crippen molar-refractivity contribution in [3.63, 3.8) is 0 Å². The molecule has 1 aliphatic heterocycles. The van der Waals surface area contributed by atoms with Gasteiger partial charge >= 0.3 is 12.1 Å². The van der Waals surface area contributed by atoms with E-state index < -0.39 is 33.7 Å². The largest absolute Gasteiger partial charge is 0.459 e. The standard InChI is InChI=1S/C24H26F3N3O5S/c1-2-22(32)35-17-5-3-15(4-6-17)14-28-7-9-29(10-8-28)21-13-20(31)18-11-16(24(25,26)27)12-19(30(33)34)23(18)36-21/h2,11-13,15,17H,1,3-10,14H2. The highest BCUT2D eigenvalue weighted by Gasteiger charge is 2.34. The van der Waals surface area contributed by atoms with Crippen molar-refractivity contribution >= 4 is 38.1 Å². The second-order valence-electron chi connectivity index (χ2n) is 9.15. The number of carbonyl (C=O) groups excluding carboxylic acids is 1. The Balaban J connectivity index is 1.41. The molecule has 0 amide bonds. The van der Waals surface area contributed by atoms with Crippen molar-refractivity contribution in [1.29, 1.82) is 0 Å². The zero-order valence-electron chi connectivity index (χ0n) is 19.5. The molecule has 2 aromatic rings. The Bertz CT molecular complexity index is 1220. The summed E-state index contributed by atoms with van der Waals surface area (Å²) >= 11 is 0.976. The van der Waals surface area contributed by atoms with Crippen LogP contribution in [0.5, 0.6) is 0 Å². The molecule has 194 valence electrons. The summed E-state index contributed by atoms with van der Waals surface area (Å²) in [6.45, 7) is 7.00. The number of non-ortho nitro benzene ring substituents is 1. The molecule has 36 heavy (non-hydrogen) atoms. The van der Waals surface area contributed by atoms with Gasteiger partial charge in [-0.3, -0.25) is 19.8 Å². The number of rotatable bonds is 6. The van der Waals surface area contributed by atoms with Gasteiger partial charge < -0.3 is 9.64 Å². The molecule has 0 bridgehead atoms. The molecule has 0 N–H and O–H groups in total. The van der Waals surface area contributed by atoms with E-state index in [9.17, 15) is 32.9 Å². The Morgan fingerprint density at radius 1 is 1.17 bits per heavy atom. The minimum absolute atomic E-state index is 0.0492. The molecule has 4 rings (SSSR count). The Hall–Kier alpha value is -2.99. The predicted octanol–water partition coefficient (Wildman–Crippen LogP) is 4.60. The lowest BCUT2D eigenvalue weighted by molar-refractivity contribution is -0.383. The summed E-state index contributed by atoms with van der Waals surface area (Å²) in [6.07, 6.45) is -0.101.